The number of nitrogen functional groups attached to an aromatic ring is 1. The van der Waals surface area contributed by atoms with Crippen LogP contribution in [-0.2, 0) is 5.54 Å². The van der Waals surface area contributed by atoms with Gasteiger partial charge in [-0.25, -0.2) is 4.98 Å². The highest BCUT2D eigenvalue weighted by Crippen LogP contribution is 2.30. The van der Waals surface area contributed by atoms with Gasteiger partial charge in [-0.3, -0.25) is 9.38 Å². The highest BCUT2D eigenvalue weighted by Gasteiger charge is 2.16. The van der Waals surface area contributed by atoms with Crippen molar-refractivity contribution in [1.82, 2.24) is 24.6 Å². The van der Waals surface area contributed by atoms with E-state index in [1.807, 2.05) is 66.8 Å². The summed E-state index contributed by atoms with van der Waals surface area (Å²) < 4.78 is 7.18. The maximum atomic E-state index is 6.23. The lowest BCUT2D eigenvalue weighted by molar-refractivity contribution is 0.400. The second kappa shape index (κ2) is 7.28. The van der Waals surface area contributed by atoms with Crippen LogP contribution in [0.4, 0.5) is 5.69 Å². The maximum Gasteiger partial charge on any atom is 0.236 e. The topological polar surface area (TPSA) is 117 Å². The van der Waals surface area contributed by atoms with Crippen molar-refractivity contribution < 1.29 is 4.74 Å². The SMILES string of the molecule is COc1ncc(-c2ccc3ncc4nnc(-c5ccc(C(C)(C)N)cc5)n4c3c2)cc1N. The normalized spacial score (nSPS) is 11.9. The minimum absolute atomic E-state index is 0.406. The van der Waals surface area contributed by atoms with Gasteiger partial charge in [0, 0.05) is 22.9 Å². The molecule has 2 aromatic carbocycles. The van der Waals surface area contributed by atoms with E-state index < -0.39 is 5.54 Å². The molecule has 0 radical (unpaired) electrons. The molecular formula is C24H23N7O. The molecular weight excluding hydrogens is 402 g/mol. The third-order valence-electron chi connectivity index (χ3n) is 5.52. The molecule has 0 aliphatic carbocycles. The van der Waals surface area contributed by atoms with Gasteiger partial charge in [0.1, 0.15) is 0 Å². The summed E-state index contributed by atoms with van der Waals surface area (Å²) in [4.78, 5) is 8.84. The lowest BCUT2D eigenvalue weighted by atomic mass is 9.95. The smallest absolute Gasteiger partial charge is 0.236 e. The van der Waals surface area contributed by atoms with E-state index in [0.717, 1.165) is 39.1 Å². The first-order valence-corrected chi connectivity index (χ1v) is 10.2. The fourth-order valence-corrected chi connectivity index (χ4v) is 3.77. The molecule has 3 aromatic heterocycles. The number of pyridine rings is 1. The summed E-state index contributed by atoms with van der Waals surface area (Å²) >= 11 is 0. The molecule has 0 bridgehead atoms. The van der Waals surface area contributed by atoms with Crippen molar-refractivity contribution in [2.45, 2.75) is 19.4 Å². The summed E-state index contributed by atoms with van der Waals surface area (Å²) in [7, 11) is 1.55. The van der Waals surface area contributed by atoms with Crippen LogP contribution in [0.1, 0.15) is 19.4 Å². The van der Waals surface area contributed by atoms with Crippen LogP contribution in [0.5, 0.6) is 5.88 Å². The van der Waals surface area contributed by atoms with Gasteiger partial charge in [0.15, 0.2) is 11.5 Å². The van der Waals surface area contributed by atoms with Crippen molar-refractivity contribution in [3.63, 3.8) is 0 Å². The summed E-state index contributed by atoms with van der Waals surface area (Å²) in [5.74, 6) is 1.14. The van der Waals surface area contributed by atoms with Crippen LogP contribution in [0.25, 0.3) is 39.2 Å². The molecule has 0 atom stereocenters. The molecule has 5 rings (SSSR count). The van der Waals surface area contributed by atoms with Crippen LogP contribution >= 0.6 is 0 Å². The average Bonchev–Trinajstić information content (AvgIpc) is 3.23. The highest BCUT2D eigenvalue weighted by atomic mass is 16.5. The van der Waals surface area contributed by atoms with Gasteiger partial charge in [-0.05, 0) is 43.2 Å². The van der Waals surface area contributed by atoms with Crippen molar-refractivity contribution in [2.75, 3.05) is 12.8 Å². The van der Waals surface area contributed by atoms with Crippen molar-refractivity contribution >= 4 is 22.4 Å². The summed E-state index contributed by atoms with van der Waals surface area (Å²) in [5.41, 5.74) is 18.6. The minimum Gasteiger partial charge on any atom is -0.480 e. The molecule has 0 fully saturated rings. The van der Waals surface area contributed by atoms with Crippen LogP contribution in [0.15, 0.2) is 60.9 Å². The van der Waals surface area contributed by atoms with Gasteiger partial charge in [0.25, 0.3) is 0 Å². The lowest BCUT2D eigenvalue weighted by Gasteiger charge is -2.19. The second-order valence-corrected chi connectivity index (χ2v) is 8.30. The molecule has 0 aliphatic rings. The Morgan fingerprint density at radius 1 is 0.875 bits per heavy atom. The predicted molar refractivity (Wildman–Crippen MR) is 125 cm³/mol. The van der Waals surface area contributed by atoms with E-state index in [4.69, 9.17) is 16.2 Å². The Bertz CT molecular complexity index is 1450. The Kier molecular flexibility index (Phi) is 4.53. The van der Waals surface area contributed by atoms with E-state index >= 15 is 0 Å². The van der Waals surface area contributed by atoms with E-state index in [1.54, 1.807) is 19.5 Å². The number of hydrogen-bond donors (Lipinski definition) is 2. The van der Waals surface area contributed by atoms with Gasteiger partial charge in [0.2, 0.25) is 5.88 Å². The number of benzene rings is 2. The molecule has 4 N–H and O–H groups in total. The number of aromatic nitrogens is 5. The van der Waals surface area contributed by atoms with E-state index in [2.05, 4.69) is 20.2 Å². The van der Waals surface area contributed by atoms with E-state index in [-0.39, 0.29) is 0 Å². The minimum atomic E-state index is -0.412. The molecule has 32 heavy (non-hydrogen) atoms. The van der Waals surface area contributed by atoms with Crippen LogP contribution in [0.3, 0.4) is 0 Å². The first kappa shape index (κ1) is 19.9. The second-order valence-electron chi connectivity index (χ2n) is 8.30. The largest absolute Gasteiger partial charge is 0.480 e. The molecule has 0 amide bonds. The number of ether oxygens (including phenoxy) is 1. The van der Waals surface area contributed by atoms with Crippen molar-refractivity contribution in [3.8, 4) is 28.4 Å². The molecule has 160 valence electrons. The van der Waals surface area contributed by atoms with Gasteiger partial charge >= 0.3 is 0 Å². The van der Waals surface area contributed by atoms with Crippen molar-refractivity contribution in [1.29, 1.82) is 0 Å². The third-order valence-corrected chi connectivity index (χ3v) is 5.52. The van der Waals surface area contributed by atoms with E-state index in [9.17, 15) is 0 Å². The standard InChI is InChI=1S/C24H23N7O/c1-24(2,26)17-7-4-14(5-8-17)22-30-29-21-13-27-19-9-6-15(11-20(19)31(21)22)16-10-18(25)23(32-3)28-12-16/h4-13H,25-26H2,1-3H3. The molecule has 5 aromatic rings. The molecule has 0 saturated heterocycles. The van der Waals surface area contributed by atoms with Crippen molar-refractivity contribution in [2.24, 2.45) is 5.73 Å². The van der Waals surface area contributed by atoms with Crippen molar-refractivity contribution in [3.05, 3.63) is 66.5 Å². The van der Waals surface area contributed by atoms with Gasteiger partial charge < -0.3 is 16.2 Å². The number of anilines is 1. The molecule has 0 saturated carbocycles. The zero-order valence-corrected chi connectivity index (χ0v) is 18.1. The summed E-state index contributed by atoms with van der Waals surface area (Å²) in [5, 5.41) is 8.77. The summed E-state index contributed by atoms with van der Waals surface area (Å²) in [6, 6.07) is 15.9. The molecule has 0 aliphatic heterocycles. The van der Waals surface area contributed by atoms with Crippen LogP contribution in [0.2, 0.25) is 0 Å². The Balaban J connectivity index is 1.68. The first-order chi connectivity index (χ1) is 15.3. The summed E-state index contributed by atoms with van der Waals surface area (Å²) in [6.45, 7) is 3.96. The Labute approximate surface area is 184 Å². The number of nitrogens with two attached hydrogens (primary N) is 2. The zero-order chi connectivity index (χ0) is 22.5. The summed E-state index contributed by atoms with van der Waals surface area (Å²) in [6.07, 6.45) is 3.47. The lowest BCUT2D eigenvalue weighted by Crippen LogP contribution is -2.28. The Hall–Kier alpha value is -4.04. The third kappa shape index (κ3) is 3.30. The van der Waals surface area contributed by atoms with Crippen LogP contribution < -0.4 is 16.2 Å². The zero-order valence-electron chi connectivity index (χ0n) is 18.1. The molecule has 8 heteroatoms. The number of rotatable bonds is 4. The highest BCUT2D eigenvalue weighted by molar-refractivity contribution is 5.85. The number of fused-ring (bicyclic) bond motifs is 3. The fourth-order valence-electron chi connectivity index (χ4n) is 3.77. The molecule has 0 unspecified atom stereocenters. The van der Waals surface area contributed by atoms with Crippen LogP contribution in [0, 0.1) is 0 Å². The first-order valence-electron chi connectivity index (χ1n) is 10.2. The predicted octanol–water partition coefficient (Wildman–Crippen LogP) is 3.79. The molecule has 8 nitrogen and oxygen atoms in total. The molecule has 3 heterocycles. The van der Waals surface area contributed by atoms with Crippen LogP contribution in [-0.4, -0.2) is 31.7 Å². The number of methoxy groups -OCH3 is 1. The quantitative estimate of drug-likeness (QED) is 0.450. The Morgan fingerprint density at radius 2 is 1.62 bits per heavy atom. The van der Waals surface area contributed by atoms with E-state index in [0.29, 0.717) is 17.2 Å². The van der Waals surface area contributed by atoms with E-state index in [1.165, 1.54) is 0 Å². The van der Waals surface area contributed by atoms with Gasteiger partial charge in [-0.1, -0.05) is 30.3 Å². The van der Waals surface area contributed by atoms with Gasteiger partial charge in [0.05, 0.1) is 30.0 Å². The maximum absolute atomic E-state index is 6.23. The average molecular weight is 425 g/mol. The number of hydrogen-bond acceptors (Lipinski definition) is 7. The number of nitrogens with zero attached hydrogens (tertiary/aromatic N) is 5. The Morgan fingerprint density at radius 3 is 2.31 bits per heavy atom. The van der Waals surface area contributed by atoms with Gasteiger partial charge in [-0.15, -0.1) is 10.2 Å². The van der Waals surface area contributed by atoms with Gasteiger partial charge in [-0.2, -0.15) is 0 Å². The monoisotopic (exact) mass is 425 g/mol. The molecule has 0 spiro atoms. The fraction of sp³-hybridized carbons (Fsp3) is 0.167.